The fourth-order valence-corrected chi connectivity index (χ4v) is 16.4. The minimum atomic E-state index is -1.30. The first-order chi connectivity index (χ1) is 40.6. The van der Waals surface area contributed by atoms with E-state index in [-0.39, 0.29) is 66.2 Å². The third-order valence-corrected chi connectivity index (χ3v) is 21.6. The number of nitrogens with zero attached hydrogens (tertiary/aromatic N) is 16. The SMILES string of the molecule is CSCCOc1ccc(OCCSC)c2c1CN1C(=O)N3CN4C(=O)N5CN6C(=O)N7CN8C(=O)N9Cc%10c(OCCSC)ccc(OCCSC)c%10CN%10C(=O)N(CN%11C(=O)N(CN%12C(=O)N(CN%13C(=O)N(C2)[C@]1(C)C3%13)C4[C@H]%125)[C@@H]6C7%11)C8[C@]%109C. The summed E-state index contributed by atoms with van der Waals surface area (Å²) in [5.41, 5.74) is 0.259. The minimum Gasteiger partial charge on any atom is -0.492 e. The molecule has 2 aromatic rings. The topological polar surface area (TPSA) is 225 Å². The van der Waals surface area contributed by atoms with Gasteiger partial charge in [-0.05, 0) is 63.1 Å². The molecule has 0 unspecified atom stereocenters. The second kappa shape index (κ2) is 19.4. The zero-order chi connectivity index (χ0) is 58.2. The lowest BCUT2D eigenvalue weighted by Gasteiger charge is -2.42. The first-order valence-corrected chi connectivity index (χ1v) is 33.6. The molecule has 0 atom stereocenters. The van der Waals surface area contributed by atoms with Crippen LogP contribution in [0.1, 0.15) is 36.1 Å². The number of amides is 16. The maximum absolute atomic E-state index is 15.4. The standard InChI is InChI=1S/C52H64N16O12S4/c1-51-41-61-25-57-39-37-53(43(57)69)23-55-38-40-59(45(55)71)27-63-42-52(2)67(49(63)75)21-31-32(36(80-14-18-84-6)10-9-35(31)79-13-17-83-5)22-68(52)50(76)64(42)28-60(40)46(72)56(38)24-54(37)44(70)58(39)26-62(41)48(74)66(51)20-30-29(19-65(51)47(61)73)33(77-11-15-81-3)7-8-34(30)78-12-16-82-4/h7-10,37-42H,11-28H2,1-6H3/t37-,38+,39?,40?,41?,42?,51+,52-. The van der Waals surface area contributed by atoms with Crippen molar-refractivity contribution in [3.8, 4) is 23.0 Å². The van der Waals surface area contributed by atoms with Crippen LogP contribution < -0.4 is 18.9 Å². The van der Waals surface area contributed by atoms with E-state index in [1.165, 1.54) is 58.8 Å². The highest BCUT2D eigenvalue weighted by Gasteiger charge is 2.75. The van der Waals surface area contributed by atoms with Gasteiger partial charge in [0.1, 0.15) is 63.0 Å². The van der Waals surface area contributed by atoms with Crippen LogP contribution in [0, 0.1) is 0 Å². The number of ether oxygens (including phenoxy) is 4. The summed E-state index contributed by atoms with van der Waals surface area (Å²) in [4.78, 5) is 147. The molecule has 2 aromatic carbocycles. The van der Waals surface area contributed by atoms with Gasteiger partial charge < -0.3 is 18.9 Å². The number of hydrogen-bond acceptors (Lipinski definition) is 16. The lowest BCUT2D eigenvalue weighted by Crippen LogP contribution is -2.63. The van der Waals surface area contributed by atoms with Crippen LogP contribution in [0.5, 0.6) is 23.0 Å². The van der Waals surface area contributed by atoms with Crippen molar-refractivity contribution >= 4 is 95.3 Å². The Bertz CT molecular complexity index is 2850. The van der Waals surface area contributed by atoms with Gasteiger partial charge in [0.2, 0.25) is 0 Å². The maximum atomic E-state index is 15.4. The Morgan fingerprint density at radius 3 is 0.750 bits per heavy atom. The number of carbonyl (C=O) groups is 8. The summed E-state index contributed by atoms with van der Waals surface area (Å²) in [7, 11) is 0. The van der Waals surface area contributed by atoms with Crippen molar-refractivity contribution in [1.29, 1.82) is 0 Å². The van der Waals surface area contributed by atoms with E-state index in [1.807, 2.05) is 63.1 Å². The third-order valence-electron chi connectivity index (χ3n) is 19.3. The maximum Gasteiger partial charge on any atom is 0.326 e. The highest BCUT2D eigenvalue weighted by atomic mass is 32.2. The average Bonchev–Trinajstić information content (AvgIpc) is 1.59. The van der Waals surface area contributed by atoms with Gasteiger partial charge in [0.25, 0.3) is 0 Å². The average molecular weight is 1230 g/mol. The summed E-state index contributed by atoms with van der Waals surface area (Å²) in [6, 6.07) is 3.40. The van der Waals surface area contributed by atoms with Gasteiger partial charge in [0, 0.05) is 45.3 Å². The second-order valence-corrected chi connectivity index (χ2v) is 27.0. The van der Waals surface area contributed by atoms with Crippen LogP contribution in [0.15, 0.2) is 24.3 Å². The van der Waals surface area contributed by atoms with Gasteiger partial charge in [-0.1, -0.05) is 0 Å². The largest absolute Gasteiger partial charge is 0.492 e. The lowest BCUT2D eigenvalue weighted by atomic mass is 10.0. The number of hydrogen-bond donors (Lipinski definition) is 0. The van der Waals surface area contributed by atoms with Crippen molar-refractivity contribution in [1.82, 2.24) is 78.4 Å². The van der Waals surface area contributed by atoms with Gasteiger partial charge in [-0.3, -0.25) is 78.4 Å². The molecule has 0 aliphatic carbocycles. The Balaban J connectivity index is 0.758. The molecule has 84 heavy (non-hydrogen) atoms. The molecular formula is C52H64N16O12S4. The smallest absolute Gasteiger partial charge is 0.326 e. The fourth-order valence-electron chi connectivity index (χ4n) is 15.4. The van der Waals surface area contributed by atoms with Crippen molar-refractivity contribution < 1.29 is 57.3 Å². The second-order valence-electron chi connectivity index (χ2n) is 23.1. The summed E-state index contributed by atoms with van der Waals surface area (Å²) in [5, 5.41) is 0. The van der Waals surface area contributed by atoms with Gasteiger partial charge in [0.05, 0.1) is 52.6 Å². The van der Waals surface area contributed by atoms with Crippen molar-refractivity contribution in [3.05, 3.63) is 46.5 Å². The lowest BCUT2D eigenvalue weighted by molar-refractivity contribution is -0.0289. The normalized spacial score (nSPS) is 30.0. The number of carbonyl (C=O) groups excluding carboxylic acids is 8. The Morgan fingerprint density at radius 1 is 0.345 bits per heavy atom. The van der Waals surface area contributed by atoms with Gasteiger partial charge in [-0.2, -0.15) is 47.0 Å². The van der Waals surface area contributed by atoms with E-state index < -0.39 is 96.6 Å². The number of fused-ring (bicyclic) bond motifs is 2. The molecule has 0 saturated carbocycles. The molecule has 0 aromatic heterocycles. The summed E-state index contributed by atoms with van der Waals surface area (Å²) >= 11 is 6.56. The molecular weight excluding hydrogens is 1170 g/mol. The summed E-state index contributed by atoms with van der Waals surface area (Å²) in [6.45, 7) is 3.55. The first kappa shape index (κ1) is 53.9. The van der Waals surface area contributed by atoms with Crippen molar-refractivity contribution in [2.75, 3.05) is 114 Å². The number of thioether (sulfide) groups is 4. The predicted octanol–water partition coefficient (Wildman–Crippen LogP) is 3.46. The Hall–Kier alpha value is -6.80. The van der Waals surface area contributed by atoms with E-state index in [9.17, 15) is 0 Å². The molecule has 13 aliphatic heterocycles. The molecule has 13 aliphatic rings. The molecule has 0 N–H and O–H groups in total. The van der Waals surface area contributed by atoms with E-state index in [4.69, 9.17) is 18.9 Å². The molecule has 0 radical (unpaired) electrons. The van der Waals surface area contributed by atoms with E-state index >= 15 is 38.4 Å². The number of benzene rings is 2. The van der Waals surface area contributed by atoms with Crippen LogP contribution in [-0.4, -0.2) is 289 Å². The van der Waals surface area contributed by atoms with Crippen molar-refractivity contribution in [2.45, 2.75) is 88.3 Å². The molecule has 0 bridgehead atoms. The molecule has 0 spiro atoms. The Morgan fingerprint density at radius 2 is 0.548 bits per heavy atom. The number of rotatable bonds is 16. The Kier molecular flexibility index (Phi) is 12.4. The zero-order valence-electron chi connectivity index (χ0n) is 47.2. The summed E-state index contributed by atoms with van der Waals surface area (Å²) in [6.07, 6.45) is 1.70. The van der Waals surface area contributed by atoms with Crippen LogP contribution in [0.25, 0.3) is 0 Å². The summed E-state index contributed by atoms with van der Waals surface area (Å²) < 4.78 is 25.4. The third kappa shape index (κ3) is 7.00. The first-order valence-electron chi connectivity index (χ1n) is 28.0. The molecule has 28 nitrogen and oxygen atoms in total. The zero-order valence-corrected chi connectivity index (χ0v) is 50.5. The van der Waals surface area contributed by atoms with Gasteiger partial charge in [-0.15, -0.1) is 0 Å². The predicted molar refractivity (Wildman–Crippen MR) is 305 cm³/mol. The van der Waals surface area contributed by atoms with Crippen LogP contribution in [0.2, 0.25) is 0 Å². The van der Waals surface area contributed by atoms with E-state index in [0.29, 0.717) is 71.7 Å². The van der Waals surface area contributed by atoms with Gasteiger partial charge >= 0.3 is 48.2 Å². The monoisotopic (exact) mass is 1230 g/mol. The highest BCUT2D eigenvalue weighted by molar-refractivity contribution is 7.99. The van der Waals surface area contributed by atoms with Crippen molar-refractivity contribution in [3.63, 3.8) is 0 Å². The van der Waals surface area contributed by atoms with Crippen LogP contribution in [0.3, 0.4) is 0 Å². The number of urea groups is 8. The molecule has 11 saturated heterocycles. The highest BCUT2D eigenvalue weighted by Crippen LogP contribution is 2.55. The van der Waals surface area contributed by atoms with Crippen molar-refractivity contribution in [2.24, 2.45) is 0 Å². The van der Waals surface area contributed by atoms with E-state index in [2.05, 4.69) is 0 Å². The quantitative estimate of drug-likeness (QED) is 0.220. The molecule has 13 heterocycles. The van der Waals surface area contributed by atoms with E-state index in [1.54, 1.807) is 66.6 Å². The van der Waals surface area contributed by atoms with Crippen LogP contribution in [-0.2, 0) is 26.2 Å². The van der Waals surface area contributed by atoms with Gasteiger partial charge in [-0.25, -0.2) is 38.4 Å². The molecule has 11 fully saturated rings. The Labute approximate surface area is 500 Å². The van der Waals surface area contributed by atoms with Crippen LogP contribution in [0.4, 0.5) is 38.4 Å². The minimum absolute atomic E-state index is 0.0611. The fraction of sp³-hybridized carbons (Fsp3) is 0.615. The molecule has 16 amide bonds. The van der Waals surface area contributed by atoms with Crippen LogP contribution >= 0.6 is 47.0 Å². The van der Waals surface area contributed by atoms with Gasteiger partial charge in [0.15, 0.2) is 48.3 Å². The summed E-state index contributed by atoms with van der Waals surface area (Å²) in [5.74, 6) is 5.21. The molecule has 15 rings (SSSR count). The molecule has 448 valence electrons. The van der Waals surface area contributed by atoms with E-state index in [0.717, 1.165) is 23.0 Å². The molecule has 32 heteroatoms.